The molecule has 0 N–H and O–H groups in total. The molecule has 116 valence electrons. The van der Waals surface area contributed by atoms with Gasteiger partial charge in [0.2, 0.25) is 11.8 Å². The summed E-state index contributed by atoms with van der Waals surface area (Å²) < 4.78 is 5.42. The van der Waals surface area contributed by atoms with Crippen molar-refractivity contribution in [2.45, 2.75) is 39.7 Å². The van der Waals surface area contributed by atoms with Crippen LogP contribution in [0.25, 0.3) is 0 Å². The highest BCUT2D eigenvalue weighted by Crippen LogP contribution is 2.26. The van der Waals surface area contributed by atoms with Gasteiger partial charge in [0.15, 0.2) is 0 Å². The first kappa shape index (κ1) is 15.5. The van der Waals surface area contributed by atoms with Crippen LogP contribution in [0.1, 0.15) is 33.6 Å². The largest absolute Gasteiger partial charge is 0.478 e. The van der Waals surface area contributed by atoms with Crippen LogP contribution in [0, 0.1) is 0 Å². The van der Waals surface area contributed by atoms with Crippen molar-refractivity contribution in [2.24, 2.45) is 0 Å². The van der Waals surface area contributed by atoms with Gasteiger partial charge in [-0.2, -0.15) is 0 Å². The first-order valence-corrected chi connectivity index (χ1v) is 7.71. The number of hydrogen-bond donors (Lipinski definition) is 0. The van der Waals surface area contributed by atoms with Crippen molar-refractivity contribution in [3.05, 3.63) is 12.4 Å². The van der Waals surface area contributed by atoms with E-state index in [0.29, 0.717) is 12.5 Å². The van der Waals surface area contributed by atoms with Crippen LogP contribution in [-0.2, 0) is 4.79 Å². The van der Waals surface area contributed by atoms with Crippen molar-refractivity contribution in [1.29, 1.82) is 0 Å². The van der Waals surface area contributed by atoms with Gasteiger partial charge in [0, 0.05) is 25.7 Å². The Morgan fingerprint density at radius 3 is 2.81 bits per heavy atom. The third-order valence-corrected chi connectivity index (χ3v) is 3.83. The SMILES string of the molecule is CCOc1cc(N2CCC[C@H]2C(=O)N(CC)CC)ncn1. The Balaban J connectivity index is 2.18. The highest BCUT2D eigenvalue weighted by atomic mass is 16.5. The van der Waals surface area contributed by atoms with E-state index in [-0.39, 0.29) is 11.9 Å². The van der Waals surface area contributed by atoms with Crippen molar-refractivity contribution in [2.75, 3.05) is 31.1 Å². The van der Waals surface area contributed by atoms with Crippen LogP contribution in [0.3, 0.4) is 0 Å². The highest BCUT2D eigenvalue weighted by molar-refractivity contribution is 5.85. The van der Waals surface area contributed by atoms with E-state index in [9.17, 15) is 4.79 Å². The molecule has 0 saturated carbocycles. The number of amides is 1. The van der Waals surface area contributed by atoms with E-state index in [1.807, 2.05) is 31.7 Å². The van der Waals surface area contributed by atoms with Crippen molar-refractivity contribution in [1.82, 2.24) is 14.9 Å². The second-order valence-corrected chi connectivity index (χ2v) is 5.01. The summed E-state index contributed by atoms with van der Waals surface area (Å²) in [5.74, 6) is 1.52. The summed E-state index contributed by atoms with van der Waals surface area (Å²) in [6, 6.07) is 1.70. The van der Waals surface area contributed by atoms with Gasteiger partial charge in [-0.15, -0.1) is 0 Å². The van der Waals surface area contributed by atoms with E-state index < -0.39 is 0 Å². The molecule has 6 nitrogen and oxygen atoms in total. The van der Waals surface area contributed by atoms with E-state index >= 15 is 0 Å². The van der Waals surface area contributed by atoms with Gasteiger partial charge in [-0.3, -0.25) is 4.79 Å². The Labute approximate surface area is 126 Å². The lowest BCUT2D eigenvalue weighted by molar-refractivity contribution is -0.132. The van der Waals surface area contributed by atoms with Gasteiger partial charge in [0.1, 0.15) is 18.2 Å². The number of anilines is 1. The zero-order valence-electron chi connectivity index (χ0n) is 13.1. The van der Waals surface area contributed by atoms with Crippen molar-refractivity contribution < 1.29 is 9.53 Å². The van der Waals surface area contributed by atoms with Crippen LogP contribution < -0.4 is 9.64 Å². The van der Waals surface area contributed by atoms with Crippen molar-refractivity contribution in [3.8, 4) is 5.88 Å². The number of carbonyl (C=O) groups is 1. The predicted molar refractivity (Wildman–Crippen MR) is 81.5 cm³/mol. The molecule has 0 spiro atoms. The fourth-order valence-corrected chi connectivity index (χ4v) is 2.76. The second-order valence-electron chi connectivity index (χ2n) is 5.01. The van der Waals surface area contributed by atoms with E-state index in [0.717, 1.165) is 38.3 Å². The molecule has 2 heterocycles. The Morgan fingerprint density at radius 1 is 1.38 bits per heavy atom. The van der Waals surface area contributed by atoms with E-state index in [4.69, 9.17) is 4.74 Å². The van der Waals surface area contributed by atoms with Gasteiger partial charge in [-0.25, -0.2) is 9.97 Å². The maximum atomic E-state index is 12.6. The summed E-state index contributed by atoms with van der Waals surface area (Å²) in [6.07, 6.45) is 3.38. The van der Waals surface area contributed by atoms with Gasteiger partial charge in [0.05, 0.1) is 6.61 Å². The third kappa shape index (κ3) is 3.43. The molecule has 2 rings (SSSR count). The monoisotopic (exact) mass is 292 g/mol. The van der Waals surface area contributed by atoms with Gasteiger partial charge >= 0.3 is 0 Å². The fraction of sp³-hybridized carbons (Fsp3) is 0.667. The molecular formula is C15H24N4O2. The minimum atomic E-state index is -0.116. The van der Waals surface area contributed by atoms with Gasteiger partial charge in [-0.05, 0) is 33.6 Å². The molecule has 1 fully saturated rings. The molecule has 1 aromatic heterocycles. The summed E-state index contributed by atoms with van der Waals surface area (Å²) in [7, 11) is 0. The maximum Gasteiger partial charge on any atom is 0.245 e. The lowest BCUT2D eigenvalue weighted by atomic mass is 10.2. The molecule has 1 saturated heterocycles. The molecular weight excluding hydrogens is 268 g/mol. The van der Waals surface area contributed by atoms with E-state index in [2.05, 4.69) is 14.9 Å². The average molecular weight is 292 g/mol. The van der Waals surface area contributed by atoms with Crippen molar-refractivity contribution >= 4 is 11.7 Å². The smallest absolute Gasteiger partial charge is 0.245 e. The topological polar surface area (TPSA) is 58.6 Å². The number of rotatable bonds is 6. The van der Waals surface area contributed by atoms with Crippen LogP contribution >= 0.6 is 0 Å². The lowest BCUT2D eigenvalue weighted by Crippen LogP contribution is -2.46. The van der Waals surface area contributed by atoms with Gasteiger partial charge < -0.3 is 14.5 Å². The maximum absolute atomic E-state index is 12.6. The minimum absolute atomic E-state index is 0.116. The summed E-state index contributed by atoms with van der Waals surface area (Å²) in [4.78, 5) is 25.0. The molecule has 0 aliphatic carbocycles. The fourth-order valence-electron chi connectivity index (χ4n) is 2.76. The van der Waals surface area contributed by atoms with Crippen LogP contribution in [-0.4, -0.2) is 53.1 Å². The molecule has 1 atom stereocenters. The van der Waals surface area contributed by atoms with Crippen molar-refractivity contribution in [3.63, 3.8) is 0 Å². The Kier molecular flexibility index (Phi) is 5.36. The Morgan fingerprint density at radius 2 is 2.14 bits per heavy atom. The third-order valence-electron chi connectivity index (χ3n) is 3.83. The number of hydrogen-bond acceptors (Lipinski definition) is 5. The Hall–Kier alpha value is -1.85. The summed E-state index contributed by atoms with van der Waals surface area (Å²) in [6.45, 7) is 8.85. The number of aromatic nitrogens is 2. The molecule has 1 aliphatic rings. The molecule has 1 aliphatic heterocycles. The molecule has 1 aromatic rings. The normalized spacial score (nSPS) is 17.9. The molecule has 21 heavy (non-hydrogen) atoms. The number of carbonyl (C=O) groups excluding carboxylic acids is 1. The van der Waals surface area contributed by atoms with Crippen LogP contribution in [0.15, 0.2) is 12.4 Å². The molecule has 0 bridgehead atoms. The lowest BCUT2D eigenvalue weighted by Gasteiger charge is -2.29. The van der Waals surface area contributed by atoms with Gasteiger partial charge in [-0.1, -0.05) is 0 Å². The van der Waals surface area contributed by atoms with E-state index in [1.165, 1.54) is 6.33 Å². The summed E-state index contributed by atoms with van der Waals surface area (Å²) in [5, 5.41) is 0. The molecule has 0 unspecified atom stereocenters. The first-order valence-electron chi connectivity index (χ1n) is 7.71. The number of likely N-dealkylation sites (N-methyl/N-ethyl adjacent to an activating group) is 1. The summed E-state index contributed by atoms with van der Waals surface area (Å²) in [5.41, 5.74) is 0. The molecule has 0 radical (unpaired) electrons. The second kappa shape index (κ2) is 7.24. The highest BCUT2D eigenvalue weighted by Gasteiger charge is 2.33. The quantitative estimate of drug-likeness (QED) is 0.799. The van der Waals surface area contributed by atoms with E-state index in [1.54, 1.807) is 0 Å². The standard InChI is InChI=1S/C15H24N4O2/c1-4-18(5-2)15(20)12-8-7-9-19(12)13-10-14(21-6-3)17-11-16-13/h10-12H,4-9H2,1-3H3/t12-/m0/s1. The molecule has 1 amide bonds. The zero-order chi connectivity index (χ0) is 15.2. The zero-order valence-corrected chi connectivity index (χ0v) is 13.1. The average Bonchev–Trinajstić information content (AvgIpc) is 2.98. The van der Waals surface area contributed by atoms with Crippen LogP contribution in [0.2, 0.25) is 0 Å². The number of ether oxygens (including phenoxy) is 1. The summed E-state index contributed by atoms with van der Waals surface area (Å²) >= 11 is 0. The number of nitrogens with zero attached hydrogens (tertiary/aromatic N) is 4. The Bertz CT molecular complexity index is 476. The van der Waals surface area contributed by atoms with Crippen LogP contribution in [0.5, 0.6) is 5.88 Å². The van der Waals surface area contributed by atoms with Crippen LogP contribution in [0.4, 0.5) is 5.82 Å². The molecule has 6 heteroatoms. The first-order chi connectivity index (χ1) is 10.2. The minimum Gasteiger partial charge on any atom is -0.478 e. The van der Waals surface area contributed by atoms with Gasteiger partial charge in [0.25, 0.3) is 0 Å². The predicted octanol–water partition coefficient (Wildman–Crippen LogP) is 1.71. The molecule has 0 aromatic carbocycles.